The highest BCUT2D eigenvalue weighted by Crippen LogP contribution is 2.27. The number of nitrogens with one attached hydrogen (secondary N) is 1. The highest BCUT2D eigenvalue weighted by atomic mass is 19.1. The molecule has 0 aliphatic rings. The maximum Gasteiger partial charge on any atom is 0.140 e. The van der Waals surface area contributed by atoms with Gasteiger partial charge in [0, 0.05) is 11.3 Å². The van der Waals surface area contributed by atoms with Gasteiger partial charge in [0.15, 0.2) is 0 Å². The van der Waals surface area contributed by atoms with Gasteiger partial charge < -0.3 is 10.7 Å². The molecule has 3 nitrogen and oxygen atoms in total. The van der Waals surface area contributed by atoms with Gasteiger partial charge in [-0.3, -0.25) is 0 Å². The molecule has 3 N–H and O–H groups in total. The van der Waals surface area contributed by atoms with Gasteiger partial charge in [-0.2, -0.15) is 0 Å². The van der Waals surface area contributed by atoms with Crippen molar-refractivity contribution in [3.8, 4) is 11.4 Å². The van der Waals surface area contributed by atoms with Crippen molar-refractivity contribution in [2.45, 2.75) is 13.8 Å². The Labute approximate surface area is 110 Å². The van der Waals surface area contributed by atoms with Gasteiger partial charge in [-0.1, -0.05) is 0 Å². The zero-order valence-corrected chi connectivity index (χ0v) is 10.8. The van der Waals surface area contributed by atoms with Gasteiger partial charge in [-0.05, 0) is 55.3 Å². The Morgan fingerprint density at radius 3 is 2.63 bits per heavy atom. The van der Waals surface area contributed by atoms with Gasteiger partial charge in [0.1, 0.15) is 11.6 Å². The maximum absolute atomic E-state index is 13.3. The largest absolute Gasteiger partial charge is 0.398 e. The Morgan fingerprint density at radius 1 is 1.11 bits per heavy atom. The van der Waals surface area contributed by atoms with Crippen LogP contribution in [-0.4, -0.2) is 9.97 Å². The van der Waals surface area contributed by atoms with Crippen LogP contribution < -0.4 is 5.73 Å². The van der Waals surface area contributed by atoms with Crippen LogP contribution in [0.3, 0.4) is 0 Å². The molecule has 0 aliphatic carbocycles. The molecule has 0 fully saturated rings. The first kappa shape index (κ1) is 11.7. The lowest BCUT2D eigenvalue weighted by Crippen LogP contribution is -1.92. The number of hydrogen-bond acceptors (Lipinski definition) is 2. The Balaban J connectivity index is 2.23. The predicted molar refractivity (Wildman–Crippen MR) is 75.4 cm³/mol. The van der Waals surface area contributed by atoms with Gasteiger partial charge in [-0.15, -0.1) is 0 Å². The molecule has 19 heavy (non-hydrogen) atoms. The van der Waals surface area contributed by atoms with Crippen molar-refractivity contribution in [2.75, 3.05) is 5.73 Å². The molecule has 4 heteroatoms. The van der Waals surface area contributed by atoms with Crippen molar-refractivity contribution in [3.05, 3.63) is 47.3 Å². The van der Waals surface area contributed by atoms with Crippen molar-refractivity contribution in [1.29, 1.82) is 0 Å². The summed E-state index contributed by atoms with van der Waals surface area (Å²) in [7, 11) is 0. The summed E-state index contributed by atoms with van der Waals surface area (Å²) < 4.78 is 13.3. The van der Waals surface area contributed by atoms with Crippen LogP contribution in [0.1, 0.15) is 11.1 Å². The van der Waals surface area contributed by atoms with Crippen molar-refractivity contribution in [3.63, 3.8) is 0 Å². The van der Waals surface area contributed by atoms with E-state index < -0.39 is 0 Å². The number of rotatable bonds is 1. The Hall–Kier alpha value is -2.36. The summed E-state index contributed by atoms with van der Waals surface area (Å²) in [6.07, 6.45) is 0. The third kappa shape index (κ3) is 1.95. The van der Waals surface area contributed by atoms with E-state index in [0.717, 1.165) is 11.0 Å². The minimum Gasteiger partial charge on any atom is -0.398 e. The average Bonchev–Trinajstić information content (AvgIpc) is 2.75. The molecule has 0 spiro atoms. The summed E-state index contributed by atoms with van der Waals surface area (Å²) in [4.78, 5) is 7.67. The number of imidazole rings is 1. The lowest BCUT2D eigenvalue weighted by atomic mass is 10.1. The molecule has 96 valence electrons. The number of aryl methyl sites for hydroxylation is 2. The van der Waals surface area contributed by atoms with E-state index in [1.54, 1.807) is 6.07 Å². The zero-order valence-electron chi connectivity index (χ0n) is 10.8. The normalized spacial score (nSPS) is 11.1. The molecule has 2 aromatic carbocycles. The summed E-state index contributed by atoms with van der Waals surface area (Å²) in [6, 6.07) is 8.34. The second-order valence-electron chi connectivity index (χ2n) is 4.77. The molecule has 0 amide bonds. The van der Waals surface area contributed by atoms with E-state index in [9.17, 15) is 4.39 Å². The van der Waals surface area contributed by atoms with Crippen molar-refractivity contribution in [1.82, 2.24) is 9.97 Å². The number of anilines is 1. The van der Waals surface area contributed by atoms with Crippen LogP contribution in [0.5, 0.6) is 0 Å². The predicted octanol–water partition coefficient (Wildman–Crippen LogP) is 3.57. The number of halogens is 1. The summed E-state index contributed by atoms with van der Waals surface area (Å²) in [5.74, 6) is 0.272. The summed E-state index contributed by atoms with van der Waals surface area (Å²) in [6.45, 7) is 4.09. The van der Waals surface area contributed by atoms with Crippen LogP contribution in [0.15, 0.2) is 30.3 Å². The second-order valence-corrected chi connectivity index (χ2v) is 4.77. The highest BCUT2D eigenvalue weighted by Gasteiger charge is 2.10. The van der Waals surface area contributed by atoms with Gasteiger partial charge in [0.25, 0.3) is 0 Å². The minimum atomic E-state index is -0.322. The Morgan fingerprint density at radius 2 is 1.84 bits per heavy atom. The van der Waals surface area contributed by atoms with Crippen molar-refractivity contribution in [2.24, 2.45) is 0 Å². The van der Waals surface area contributed by atoms with Crippen LogP contribution in [0, 0.1) is 19.7 Å². The standard InChI is InChI=1S/C15H14FN3/c1-8-5-13-14(6-9(8)2)19-15(18-13)11-7-10(16)3-4-12(11)17/h3-7H,17H2,1-2H3,(H,18,19). The molecule has 3 rings (SSSR count). The number of nitrogens with zero attached hydrogens (tertiary/aromatic N) is 1. The molecule has 0 aliphatic heterocycles. The first-order chi connectivity index (χ1) is 9.04. The number of H-pyrrole nitrogens is 1. The fourth-order valence-electron chi connectivity index (χ4n) is 2.13. The minimum absolute atomic E-state index is 0.322. The lowest BCUT2D eigenvalue weighted by molar-refractivity contribution is 0.628. The van der Waals surface area contributed by atoms with E-state index in [1.807, 2.05) is 26.0 Å². The molecule has 0 unspecified atom stereocenters. The average molecular weight is 255 g/mol. The van der Waals surface area contributed by atoms with E-state index in [2.05, 4.69) is 9.97 Å². The lowest BCUT2D eigenvalue weighted by Gasteiger charge is -2.01. The fraction of sp³-hybridized carbons (Fsp3) is 0.133. The fourth-order valence-corrected chi connectivity index (χ4v) is 2.13. The van der Waals surface area contributed by atoms with E-state index >= 15 is 0 Å². The molecule has 0 atom stereocenters. The molecule has 0 radical (unpaired) electrons. The number of aromatic amines is 1. The van der Waals surface area contributed by atoms with Crippen LogP contribution in [0.2, 0.25) is 0 Å². The third-order valence-electron chi connectivity index (χ3n) is 3.37. The molecule has 1 aromatic heterocycles. The number of aromatic nitrogens is 2. The zero-order chi connectivity index (χ0) is 13.6. The topological polar surface area (TPSA) is 54.7 Å². The smallest absolute Gasteiger partial charge is 0.140 e. The van der Waals surface area contributed by atoms with E-state index in [-0.39, 0.29) is 5.82 Å². The van der Waals surface area contributed by atoms with Crippen LogP contribution in [0.25, 0.3) is 22.4 Å². The number of fused-ring (bicyclic) bond motifs is 1. The van der Waals surface area contributed by atoms with Gasteiger partial charge in [-0.25, -0.2) is 9.37 Å². The van der Waals surface area contributed by atoms with Crippen LogP contribution in [-0.2, 0) is 0 Å². The SMILES string of the molecule is Cc1cc2nc(-c3cc(F)ccc3N)[nH]c2cc1C. The van der Waals surface area contributed by atoms with Crippen molar-refractivity contribution < 1.29 is 4.39 Å². The highest BCUT2D eigenvalue weighted by molar-refractivity contribution is 5.83. The van der Waals surface area contributed by atoms with E-state index in [1.165, 1.54) is 23.3 Å². The van der Waals surface area contributed by atoms with Gasteiger partial charge in [0.2, 0.25) is 0 Å². The van der Waals surface area contributed by atoms with Gasteiger partial charge in [0.05, 0.1) is 11.0 Å². The number of hydrogen-bond donors (Lipinski definition) is 2. The number of benzene rings is 2. The number of nitrogen functional groups attached to an aromatic ring is 1. The van der Waals surface area contributed by atoms with E-state index in [0.29, 0.717) is 17.1 Å². The quantitative estimate of drug-likeness (QED) is 0.653. The first-order valence-electron chi connectivity index (χ1n) is 6.07. The second kappa shape index (κ2) is 4.09. The van der Waals surface area contributed by atoms with E-state index in [4.69, 9.17) is 5.73 Å². The number of nitrogens with two attached hydrogens (primary N) is 1. The third-order valence-corrected chi connectivity index (χ3v) is 3.37. The molecule has 3 aromatic rings. The Kier molecular flexibility index (Phi) is 2.52. The molecule has 0 bridgehead atoms. The summed E-state index contributed by atoms with van der Waals surface area (Å²) in [5.41, 5.74) is 11.1. The molecule has 1 heterocycles. The molecule has 0 saturated heterocycles. The molecular formula is C15H14FN3. The molecule has 0 saturated carbocycles. The Bertz CT molecular complexity index is 735. The maximum atomic E-state index is 13.3. The summed E-state index contributed by atoms with van der Waals surface area (Å²) >= 11 is 0. The van der Waals surface area contributed by atoms with Crippen molar-refractivity contribution >= 4 is 16.7 Å². The molecular weight excluding hydrogens is 241 g/mol. The van der Waals surface area contributed by atoms with Crippen LogP contribution >= 0.6 is 0 Å². The first-order valence-corrected chi connectivity index (χ1v) is 6.07. The summed E-state index contributed by atoms with van der Waals surface area (Å²) in [5, 5.41) is 0. The monoisotopic (exact) mass is 255 g/mol. The van der Waals surface area contributed by atoms with Gasteiger partial charge >= 0.3 is 0 Å². The van der Waals surface area contributed by atoms with Crippen LogP contribution in [0.4, 0.5) is 10.1 Å².